The van der Waals surface area contributed by atoms with Crippen molar-refractivity contribution in [2.24, 2.45) is 0 Å². The summed E-state index contributed by atoms with van der Waals surface area (Å²) in [5, 5.41) is 8.84. The number of nitrogens with one attached hydrogen (secondary N) is 1. The number of hydrogen-bond donors (Lipinski definition) is 2. The molecule has 0 aliphatic carbocycles. The number of ether oxygens (including phenoxy) is 1. The lowest BCUT2D eigenvalue weighted by Gasteiger charge is -2.10. The van der Waals surface area contributed by atoms with Crippen LogP contribution >= 0.6 is 0 Å². The molecule has 2 rings (SSSR count). The molecule has 128 valence electrons. The van der Waals surface area contributed by atoms with Gasteiger partial charge in [-0.15, -0.1) is 0 Å². The van der Waals surface area contributed by atoms with Gasteiger partial charge in [0, 0.05) is 5.69 Å². The molecule has 0 spiro atoms. The summed E-state index contributed by atoms with van der Waals surface area (Å²) >= 11 is 0. The third kappa shape index (κ3) is 4.73. The second-order valence-corrected chi connectivity index (χ2v) is 6.84. The van der Waals surface area contributed by atoms with Gasteiger partial charge in [-0.05, 0) is 55.0 Å². The maximum atomic E-state index is 12.3. The second-order valence-electron chi connectivity index (χ2n) is 5.16. The Labute approximate surface area is 141 Å². The zero-order chi connectivity index (χ0) is 17.6. The van der Waals surface area contributed by atoms with E-state index in [9.17, 15) is 13.2 Å². The number of benzene rings is 2. The molecule has 0 radical (unpaired) electrons. The van der Waals surface area contributed by atoms with Gasteiger partial charge in [-0.25, -0.2) is 13.2 Å². The molecule has 0 saturated carbocycles. The summed E-state index contributed by atoms with van der Waals surface area (Å²) in [5.74, 6) is -0.448. The molecule has 0 amide bonds. The third-order valence-electron chi connectivity index (χ3n) is 3.28. The van der Waals surface area contributed by atoms with Gasteiger partial charge < -0.3 is 9.84 Å². The molecule has 0 heterocycles. The molecule has 0 bridgehead atoms. The second kappa shape index (κ2) is 7.83. The van der Waals surface area contributed by atoms with Gasteiger partial charge in [0.05, 0.1) is 17.1 Å². The molecular weight excluding hydrogens is 330 g/mol. The lowest BCUT2D eigenvalue weighted by molar-refractivity contribution is 0.0697. The number of sulfonamides is 1. The first kappa shape index (κ1) is 17.8. The van der Waals surface area contributed by atoms with Gasteiger partial charge >= 0.3 is 5.97 Å². The standard InChI is InChI=1S/C17H19NO5S/c1-2-3-12-23-15-8-10-16(11-9-15)24(21,22)18-14-6-4-13(5-7-14)17(19)20/h4-11,18H,2-3,12H2,1H3,(H,19,20). The molecule has 0 aliphatic heterocycles. The molecular formula is C17H19NO5S. The number of carboxylic acid groups (broad SMARTS) is 1. The van der Waals surface area contributed by atoms with Crippen molar-refractivity contribution in [3.8, 4) is 5.75 Å². The average molecular weight is 349 g/mol. The first-order chi connectivity index (χ1) is 11.4. The highest BCUT2D eigenvalue weighted by atomic mass is 32.2. The Balaban J connectivity index is 2.08. The Morgan fingerprint density at radius 3 is 2.25 bits per heavy atom. The van der Waals surface area contributed by atoms with E-state index in [0.717, 1.165) is 12.8 Å². The summed E-state index contributed by atoms with van der Waals surface area (Å²) in [7, 11) is -3.74. The minimum atomic E-state index is -3.74. The fraction of sp³-hybridized carbons (Fsp3) is 0.235. The lowest BCUT2D eigenvalue weighted by Crippen LogP contribution is -2.13. The van der Waals surface area contributed by atoms with Crippen LogP contribution in [0.5, 0.6) is 5.75 Å². The summed E-state index contributed by atoms with van der Waals surface area (Å²) in [6.45, 7) is 2.66. The molecule has 2 N–H and O–H groups in total. The van der Waals surface area contributed by atoms with E-state index in [0.29, 0.717) is 18.0 Å². The molecule has 0 aliphatic rings. The largest absolute Gasteiger partial charge is 0.494 e. The van der Waals surface area contributed by atoms with Crippen molar-refractivity contribution in [1.29, 1.82) is 0 Å². The number of hydrogen-bond acceptors (Lipinski definition) is 4. The van der Waals surface area contributed by atoms with Crippen LogP contribution in [0.15, 0.2) is 53.4 Å². The molecule has 2 aromatic rings. The Morgan fingerprint density at radius 1 is 1.08 bits per heavy atom. The van der Waals surface area contributed by atoms with Gasteiger partial charge in [0.15, 0.2) is 0 Å². The summed E-state index contributed by atoms with van der Waals surface area (Å²) in [4.78, 5) is 10.9. The number of anilines is 1. The van der Waals surface area contributed by atoms with E-state index in [1.54, 1.807) is 12.1 Å². The lowest BCUT2D eigenvalue weighted by atomic mass is 10.2. The van der Waals surface area contributed by atoms with Crippen molar-refractivity contribution in [2.75, 3.05) is 11.3 Å². The van der Waals surface area contributed by atoms with Crippen molar-refractivity contribution in [3.05, 3.63) is 54.1 Å². The number of unbranched alkanes of at least 4 members (excludes halogenated alkanes) is 1. The van der Waals surface area contributed by atoms with Gasteiger partial charge in [0.25, 0.3) is 10.0 Å². The summed E-state index contributed by atoms with van der Waals surface area (Å²) < 4.78 is 32.6. The third-order valence-corrected chi connectivity index (χ3v) is 4.68. The van der Waals surface area contributed by atoms with E-state index in [4.69, 9.17) is 9.84 Å². The van der Waals surface area contributed by atoms with Crippen LogP contribution in [0.3, 0.4) is 0 Å². The smallest absolute Gasteiger partial charge is 0.335 e. The number of carbonyl (C=O) groups is 1. The van der Waals surface area contributed by atoms with Crippen LogP contribution in [0.1, 0.15) is 30.1 Å². The predicted octanol–water partition coefficient (Wildman–Crippen LogP) is 3.36. The highest BCUT2D eigenvalue weighted by Gasteiger charge is 2.14. The fourth-order valence-corrected chi connectivity index (χ4v) is 3.00. The quantitative estimate of drug-likeness (QED) is 0.713. The topological polar surface area (TPSA) is 92.7 Å². The van der Waals surface area contributed by atoms with Crippen LogP contribution < -0.4 is 9.46 Å². The van der Waals surface area contributed by atoms with Crippen LogP contribution in [0, 0.1) is 0 Å². The number of rotatable bonds is 8. The maximum absolute atomic E-state index is 12.3. The predicted molar refractivity (Wildman–Crippen MR) is 91.1 cm³/mol. The molecule has 0 aromatic heterocycles. The first-order valence-corrected chi connectivity index (χ1v) is 9.00. The van der Waals surface area contributed by atoms with Gasteiger partial charge in [-0.1, -0.05) is 13.3 Å². The van der Waals surface area contributed by atoms with Crippen molar-refractivity contribution in [2.45, 2.75) is 24.7 Å². The van der Waals surface area contributed by atoms with E-state index in [-0.39, 0.29) is 10.5 Å². The first-order valence-electron chi connectivity index (χ1n) is 7.51. The number of carboxylic acids is 1. The van der Waals surface area contributed by atoms with Gasteiger partial charge in [0.1, 0.15) is 5.75 Å². The van der Waals surface area contributed by atoms with E-state index < -0.39 is 16.0 Å². The Kier molecular flexibility index (Phi) is 5.81. The van der Waals surface area contributed by atoms with Crippen LogP contribution in [0.25, 0.3) is 0 Å². The monoisotopic (exact) mass is 349 g/mol. The Hall–Kier alpha value is -2.54. The molecule has 0 fully saturated rings. The molecule has 7 heteroatoms. The van der Waals surface area contributed by atoms with Gasteiger partial charge in [-0.2, -0.15) is 0 Å². The zero-order valence-electron chi connectivity index (χ0n) is 13.2. The normalized spacial score (nSPS) is 11.0. The van der Waals surface area contributed by atoms with E-state index in [1.807, 2.05) is 0 Å². The molecule has 0 atom stereocenters. The highest BCUT2D eigenvalue weighted by molar-refractivity contribution is 7.92. The summed E-state index contributed by atoms with van der Waals surface area (Å²) in [5.41, 5.74) is 0.384. The van der Waals surface area contributed by atoms with Gasteiger partial charge in [-0.3, -0.25) is 4.72 Å². The van der Waals surface area contributed by atoms with E-state index >= 15 is 0 Å². The van der Waals surface area contributed by atoms with Crippen LogP contribution in [-0.2, 0) is 10.0 Å². The van der Waals surface area contributed by atoms with Crippen LogP contribution in [-0.4, -0.2) is 26.1 Å². The van der Waals surface area contributed by atoms with E-state index in [2.05, 4.69) is 11.6 Å². The Bertz CT molecular complexity index is 783. The van der Waals surface area contributed by atoms with E-state index in [1.165, 1.54) is 36.4 Å². The van der Waals surface area contributed by atoms with Crippen molar-refractivity contribution < 1.29 is 23.1 Å². The summed E-state index contributed by atoms with van der Waals surface area (Å²) in [6.07, 6.45) is 1.96. The molecule has 24 heavy (non-hydrogen) atoms. The molecule has 6 nitrogen and oxygen atoms in total. The minimum Gasteiger partial charge on any atom is -0.494 e. The SMILES string of the molecule is CCCCOc1ccc(S(=O)(=O)Nc2ccc(C(=O)O)cc2)cc1. The highest BCUT2D eigenvalue weighted by Crippen LogP contribution is 2.20. The molecule has 2 aromatic carbocycles. The maximum Gasteiger partial charge on any atom is 0.335 e. The van der Waals surface area contributed by atoms with Crippen LogP contribution in [0.4, 0.5) is 5.69 Å². The molecule has 0 unspecified atom stereocenters. The fourth-order valence-electron chi connectivity index (χ4n) is 1.94. The Morgan fingerprint density at radius 2 is 1.71 bits per heavy atom. The van der Waals surface area contributed by atoms with Crippen LogP contribution in [0.2, 0.25) is 0 Å². The number of aromatic carboxylic acids is 1. The summed E-state index contributed by atoms with van der Waals surface area (Å²) in [6, 6.07) is 11.6. The molecule has 0 saturated heterocycles. The van der Waals surface area contributed by atoms with Crippen molar-refractivity contribution in [1.82, 2.24) is 0 Å². The zero-order valence-corrected chi connectivity index (χ0v) is 14.0. The average Bonchev–Trinajstić information content (AvgIpc) is 2.56. The van der Waals surface area contributed by atoms with Gasteiger partial charge in [0.2, 0.25) is 0 Å². The van der Waals surface area contributed by atoms with Crippen molar-refractivity contribution in [3.63, 3.8) is 0 Å². The minimum absolute atomic E-state index is 0.0894. The van der Waals surface area contributed by atoms with Crippen molar-refractivity contribution >= 4 is 21.7 Å².